The molecule has 78 heavy (non-hydrogen) atoms. The third kappa shape index (κ3) is 6.95. The minimum absolute atomic E-state index is 0.127. The second-order valence-electron chi connectivity index (χ2n) is 24.3. The predicted octanol–water partition coefficient (Wildman–Crippen LogP) is 19.1. The maximum atomic E-state index is 7.67. The molecule has 6 aliphatic carbocycles. The van der Waals surface area contributed by atoms with Gasteiger partial charge in [0.2, 0.25) is 0 Å². The van der Waals surface area contributed by atoms with Crippen LogP contribution in [-0.2, 0) is 18.3 Å². The van der Waals surface area contributed by atoms with Crippen molar-refractivity contribution in [2.75, 3.05) is 9.80 Å². The van der Waals surface area contributed by atoms with Crippen molar-refractivity contribution in [1.82, 2.24) is 5.32 Å². The van der Waals surface area contributed by atoms with Crippen LogP contribution >= 0.6 is 0 Å². The molecule has 1 N–H and O–H groups in total. The van der Waals surface area contributed by atoms with Gasteiger partial charge in [-0.25, -0.2) is 0 Å². The van der Waals surface area contributed by atoms with Crippen LogP contribution in [0.1, 0.15) is 152 Å². The van der Waals surface area contributed by atoms with Gasteiger partial charge in [-0.1, -0.05) is 72.2 Å². The van der Waals surface area contributed by atoms with E-state index in [1.54, 1.807) is 0 Å². The van der Waals surface area contributed by atoms with Crippen molar-refractivity contribution >= 4 is 62.4 Å². The van der Waals surface area contributed by atoms with E-state index < -0.39 is 5.41 Å². The molecule has 0 saturated heterocycles. The van der Waals surface area contributed by atoms with Gasteiger partial charge in [0.25, 0.3) is 0 Å². The van der Waals surface area contributed by atoms with Crippen molar-refractivity contribution in [3.8, 4) is 11.1 Å². The van der Waals surface area contributed by atoms with Crippen LogP contribution in [0.25, 0.3) is 50.8 Å². The largest absolute Gasteiger partial charge is 0.456 e. The molecule has 7 aromatic rings. The van der Waals surface area contributed by atoms with E-state index in [1.807, 2.05) is 0 Å². The smallest absolute Gasteiger partial charge is 0.145 e. The first-order valence-electron chi connectivity index (χ1n) is 29.0. The zero-order valence-electron chi connectivity index (χ0n) is 47.9. The van der Waals surface area contributed by atoms with Crippen molar-refractivity contribution in [2.24, 2.45) is 5.92 Å². The molecule has 5 nitrogen and oxygen atoms in total. The minimum atomic E-state index is -0.713. The Labute approximate surface area is 461 Å². The van der Waals surface area contributed by atoms with Crippen molar-refractivity contribution < 1.29 is 8.83 Å². The Morgan fingerprint density at radius 1 is 0.590 bits per heavy atom. The second kappa shape index (κ2) is 17.8. The maximum absolute atomic E-state index is 7.67. The van der Waals surface area contributed by atoms with Crippen LogP contribution in [0.2, 0.25) is 0 Å². The number of allylic oxidation sites excluding steroid dienone is 11. The third-order valence-corrected chi connectivity index (χ3v) is 19.7. The van der Waals surface area contributed by atoms with Crippen LogP contribution in [0.5, 0.6) is 0 Å². The first kappa shape index (κ1) is 49.0. The molecule has 7 aliphatic rings. The lowest BCUT2D eigenvalue weighted by molar-refractivity contribution is 0.570. The highest BCUT2D eigenvalue weighted by Crippen LogP contribution is 2.68. The molecule has 392 valence electrons. The van der Waals surface area contributed by atoms with E-state index in [0.29, 0.717) is 5.92 Å². The summed E-state index contributed by atoms with van der Waals surface area (Å²) in [7, 11) is 0. The fourth-order valence-corrected chi connectivity index (χ4v) is 14.9. The quantitative estimate of drug-likeness (QED) is 0.180. The summed E-state index contributed by atoms with van der Waals surface area (Å²) in [5.74, 6) is 2.32. The molecule has 14 rings (SSSR count). The first-order valence-corrected chi connectivity index (χ1v) is 29.0. The van der Waals surface area contributed by atoms with Gasteiger partial charge in [-0.15, -0.1) is 0 Å². The van der Waals surface area contributed by atoms with Crippen LogP contribution in [0, 0.1) is 47.5 Å². The number of hydrogen-bond acceptors (Lipinski definition) is 5. The SMILES string of the molecule is CC1=CC(N(c2cc(C)c(C)c(C)c2)c2cc3c(c4oc5c(c24)CCC=C5)-c2c(cc(N(C4=CC(C)=C(C)C(C)C4)c4cc(C)c(C)c(C)c4)c4c5c(oc24)C=CCC5)C32C3=C(CCC=C3)c3ccccc32)=CC(C)NC1C. The Balaban J connectivity index is 1.19. The van der Waals surface area contributed by atoms with E-state index in [2.05, 4.69) is 214 Å². The number of furan rings is 2. The molecule has 4 atom stereocenters. The molecule has 1 spiro atoms. The van der Waals surface area contributed by atoms with Crippen LogP contribution in [0.3, 0.4) is 0 Å². The molecule has 1 aliphatic heterocycles. The number of benzene rings is 5. The topological polar surface area (TPSA) is 44.8 Å². The normalized spacial score (nSPS) is 21.8. The lowest BCUT2D eigenvalue weighted by Gasteiger charge is -2.36. The molecule has 0 radical (unpaired) electrons. The van der Waals surface area contributed by atoms with Crippen molar-refractivity contribution in [1.29, 1.82) is 0 Å². The fraction of sp³-hybridized carbons (Fsp3) is 0.315. The van der Waals surface area contributed by atoms with Crippen molar-refractivity contribution in [3.05, 3.63) is 215 Å². The highest BCUT2D eigenvalue weighted by Gasteiger charge is 2.56. The van der Waals surface area contributed by atoms with Gasteiger partial charge in [-0.2, -0.15) is 0 Å². The Bertz CT molecular complexity index is 4040. The molecule has 2 aromatic heterocycles. The number of anilines is 4. The van der Waals surface area contributed by atoms with E-state index in [-0.39, 0.29) is 12.1 Å². The van der Waals surface area contributed by atoms with E-state index in [0.717, 1.165) is 84.6 Å². The first-order chi connectivity index (χ1) is 37.6. The average molecular weight is 1020 g/mol. The van der Waals surface area contributed by atoms with Gasteiger partial charge in [0.1, 0.15) is 22.7 Å². The van der Waals surface area contributed by atoms with Crippen LogP contribution in [0.4, 0.5) is 22.7 Å². The van der Waals surface area contributed by atoms with Gasteiger partial charge in [-0.3, -0.25) is 0 Å². The highest BCUT2D eigenvalue weighted by molar-refractivity contribution is 6.18. The predicted molar refractivity (Wildman–Crippen MR) is 327 cm³/mol. The fourth-order valence-electron chi connectivity index (χ4n) is 14.9. The summed E-state index contributed by atoms with van der Waals surface area (Å²) in [5.41, 5.74) is 33.3. The molecule has 4 unspecified atom stereocenters. The second-order valence-corrected chi connectivity index (χ2v) is 24.3. The molecule has 5 aromatic carbocycles. The number of aryl methyl sites for hydroxylation is 6. The Morgan fingerprint density at radius 3 is 1.72 bits per heavy atom. The van der Waals surface area contributed by atoms with Crippen molar-refractivity contribution in [3.63, 3.8) is 0 Å². The Hall–Kier alpha value is -7.34. The Kier molecular flexibility index (Phi) is 11.2. The summed E-state index contributed by atoms with van der Waals surface area (Å²) in [5, 5.41) is 6.30. The third-order valence-electron chi connectivity index (χ3n) is 19.7. The van der Waals surface area contributed by atoms with E-state index in [1.165, 1.54) is 134 Å². The molecule has 0 amide bonds. The van der Waals surface area contributed by atoms with Crippen LogP contribution < -0.4 is 15.1 Å². The van der Waals surface area contributed by atoms with E-state index in [4.69, 9.17) is 8.83 Å². The Morgan fingerprint density at radius 2 is 1.13 bits per heavy atom. The zero-order chi connectivity index (χ0) is 53.8. The monoisotopic (exact) mass is 1020 g/mol. The lowest BCUT2D eigenvalue weighted by atomic mass is 9.68. The molecule has 3 heterocycles. The maximum Gasteiger partial charge on any atom is 0.145 e. The van der Waals surface area contributed by atoms with Gasteiger partial charge < -0.3 is 24.0 Å². The van der Waals surface area contributed by atoms with Gasteiger partial charge in [0, 0.05) is 67.9 Å². The highest BCUT2D eigenvalue weighted by atomic mass is 16.3. The molecule has 5 heteroatoms. The van der Waals surface area contributed by atoms with Gasteiger partial charge >= 0.3 is 0 Å². The molecule has 0 bridgehead atoms. The van der Waals surface area contributed by atoms with Crippen LogP contribution in [-0.4, -0.2) is 12.1 Å². The number of hydrogen-bond donors (Lipinski definition) is 1. The molecular weight excluding hydrogens is 951 g/mol. The molecule has 0 fully saturated rings. The lowest BCUT2D eigenvalue weighted by Crippen LogP contribution is -2.33. The van der Waals surface area contributed by atoms with Gasteiger partial charge in [0.05, 0.1) is 16.8 Å². The standard InChI is InChI=1S/C73H73N3O2/c1-39-29-51(30-40(2)47(39)9)75(52-31-41(3)48(10)42(4)32-52)63-37-61-69(71-67(63)57-23-15-19-27-65(57)77-71)70-62(73(61)59-25-17-13-21-55(59)56-22-14-18-26-60(56)73)38-64(68-58-24-16-20-28-66(58)78-72(68)70)76(53-33-43(5)49(11)44(6)34-53)54-35-45(7)50(12)74-46(8)36-54/h13,17-21,25-31,33-38,42,46,50,74H,14-16,22-24,32H2,1-12H3. The summed E-state index contributed by atoms with van der Waals surface area (Å²) < 4.78 is 15.3. The summed E-state index contributed by atoms with van der Waals surface area (Å²) in [6.45, 7) is 27.6. The number of nitrogens with zero attached hydrogens (tertiary/aromatic N) is 2. The average Bonchev–Trinajstić information content (AvgIpc) is 2.37. The van der Waals surface area contributed by atoms with Gasteiger partial charge in [-0.05, 0) is 261 Å². The minimum Gasteiger partial charge on any atom is -0.456 e. The number of rotatable bonds is 6. The van der Waals surface area contributed by atoms with E-state index in [9.17, 15) is 0 Å². The molecule has 0 saturated carbocycles. The van der Waals surface area contributed by atoms with Crippen molar-refractivity contribution in [2.45, 2.75) is 146 Å². The van der Waals surface area contributed by atoms with Crippen LogP contribution in [0.15, 0.2) is 146 Å². The summed E-state index contributed by atoms with van der Waals surface area (Å²) in [6.07, 6.45) is 28.1. The van der Waals surface area contributed by atoms with Gasteiger partial charge in [0.15, 0.2) is 0 Å². The summed E-state index contributed by atoms with van der Waals surface area (Å²) >= 11 is 0. The number of fused-ring (bicyclic) bond motifs is 17. The molecular formula is C73H73N3O2. The zero-order valence-corrected chi connectivity index (χ0v) is 47.9. The summed E-state index contributed by atoms with van der Waals surface area (Å²) in [4.78, 5) is 5.27. The number of nitrogens with one attached hydrogen (secondary N) is 1. The summed E-state index contributed by atoms with van der Waals surface area (Å²) in [6, 6.07) is 24.8. The van der Waals surface area contributed by atoms with E-state index >= 15 is 0 Å².